The van der Waals surface area contributed by atoms with E-state index in [1.54, 1.807) is 0 Å². The molecular formula is C20H24N2O4. The third-order valence-corrected chi connectivity index (χ3v) is 3.79. The van der Waals surface area contributed by atoms with Gasteiger partial charge in [-0.05, 0) is 36.6 Å². The van der Waals surface area contributed by atoms with Crippen molar-refractivity contribution in [3.63, 3.8) is 0 Å². The second kappa shape index (κ2) is 10.1. The highest BCUT2D eigenvalue weighted by atomic mass is 16.5. The number of benzene rings is 2. The van der Waals surface area contributed by atoms with E-state index in [1.165, 1.54) is 0 Å². The van der Waals surface area contributed by atoms with Crippen molar-refractivity contribution in [2.24, 2.45) is 0 Å². The molecular weight excluding hydrogens is 332 g/mol. The van der Waals surface area contributed by atoms with E-state index < -0.39 is 5.97 Å². The first kappa shape index (κ1) is 19.3. The fourth-order valence-electron chi connectivity index (χ4n) is 2.55. The topological polar surface area (TPSA) is 87.7 Å². The summed E-state index contributed by atoms with van der Waals surface area (Å²) in [5, 5.41) is 14.3. The van der Waals surface area contributed by atoms with E-state index >= 15 is 0 Å². The van der Waals surface area contributed by atoms with Crippen molar-refractivity contribution in [3.05, 3.63) is 65.7 Å². The second-order valence-electron chi connectivity index (χ2n) is 5.74. The van der Waals surface area contributed by atoms with E-state index in [0.717, 1.165) is 16.9 Å². The number of carbonyl (C=O) groups is 2. The molecule has 0 aromatic heterocycles. The van der Waals surface area contributed by atoms with Crippen LogP contribution in [-0.4, -0.2) is 30.3 Å². The molecule has 1 atom stereocenters. The number of carboxylic acids is 1. The van der Waals surface area contributed by atoms with E-state index in [-0.39, 0.29) is 18.5 Å². The molecule has 1 unspecified atom stereocenters. The van der Waals surface area contributed by atoms with Gasteiger partial charge >= 0.3 is 12.0 Å². The zero-order valence-corrected chi connectivity index (χ0v) is 14.8. The SMILES string of the molecule is CCOc1ccc(C(NC(=O)NCCCC(=O)O)c2ccccc2)cc1. The number of hydrogen-bond donors (Lipinski definition) is 3. The fourth-order valence-corrected chi connectivity index (χ4v) is 2.55. The molecule has 0 radical (unpaired) electrons. The van der Waals surface area contributed by atoms with Crippen molar-refractivity contribution >= 4 is 12.0 Å². The Hall–Kier alpha value is -3.02. The summed E-state index contributed by atoms with van der Waals surface area (Å²) in [5.74, 6) is -0.0926. The van der Waals surface area contributed by atoms with Crippen LogP contribution in [0.2, 0.25) is 0 Å². The first-order valence-corrected chi connectivity index (χ1v) is 8.64. The summed E-state index contributed by atoms with van der Waals surface area (Å²) in [7, 11) is 0. The molecule has 2 rings (SSSR count). The smallest absolute Gasteiger partial charge is 0.315 e. The van der Waals surface area contributed by atoms with Gasteiger partial charge in [0, 0.05) is 13.0 Å². The lowest BCUT2D eigenvalue weighted by atomic mass is 9.99. The van der Waals surface area contributed by atoms with Crippen molar-refractivity contribution in [2.75, 3.05) is 13.2 Å². The summed E-state index contributed by atoms with van der Waals surface area (Å²) in [6.07, 6.45) is 0.420. The predicted octanol–water partition coefficient (Wildman–Crippen LogP) is 3.34. The number of nitrogens with one attached hydrogen (secondary N) is 2. The van der Waals surface area contributed by atoms with E-state index in [9.17, 15) is 9.59 Å². The molecule has 0 aliphatic carbocycles. The van der Waals surface area contributed by atoms with Crippen LogP contribution in [0, 0.1) is 0 Å². The number of carbonyl (C=O) groups excluding carboxylic acids is 1. The summed E-state index contributed by atoms with van der Waals surface area (Å²) in [6.45, 7) is 2.83. The van der Waals surface area contributed by atoms with Crippen molar-refractivity contribution in [2.45, 2.75) is 25.8 Å². The highest BCUT2D eigenvalue weighted by Gasteiger charge is 2.16. The van der Waals surface area contributed by atoms with E-state index in [1.807, 2.05) is 61.5 Å². The average Bonchev–Trinajstić information content (AvgIpc) is 2.65. The molecule has 0 aliphatic heterocycles. The Kier molecular flexibility index (Phi) is 7.49. The third kappa shape index (κ3) is 6.12. The Bertz CT molecular complexity index is 702. The van der Waals surface area contributed by atoms with E-state index in [0.29, 0.717) is 19.6 Å². The van der Waals surface area contributed by atoms with Crippen molar-refractivity contribution in [3.8, 4) is 5.75 Å². The van der Waals surface area contributed by atoms with Crippen LogP contribution in [0.5, 0.6) is 5.75 Å². The molecule has 0 aliphatic rings. The van der Waals surface area contributed by atoms with Gasteiger partial charge in [-0.25, -0.2) is 4.79 Å². The van der Waals surface area contributed by atoms with Crippen LogP contribution in [0.4, 0.5) is 4.79 Å². The largest absolute Gasteiger partial charge is 0.494 e. The van der Waals surface area contributed by atoms with Gasteiger partial charge in [0.25, 0.3) is 0 Å². The molecule has 138 valence electrons. The number of carboxylic acid groups (broad SMARTS) is 1. The van der Waals surface area contributed by atoms with Gasteiger partial charge in [-0.2, -0.15) is 0 Å². The van der Waals surface area contributed by atoms with Crippen LogP contribution in [0.15, 0.2) is 54.6 Å². The molecule has 0 bridgehead atoms. The van der Waals surface area contributed by atoms with Crippen LogP contribution in [-0.2, 0) is 4.79 Å². The Morgan fingerprint density at radius 2 is 1.69 bits per heavy atom. The van der Waals surface area contributed by atoms with Gasteiger partial charge < -0.3 is 20.5 Å². The summed E-state index contributed by atoms with van der Waals surface area (Å²) in [4.78, 5) is 22.7. The molecule has 0 saturated carbocycles. The Morgan fingerprint density at radius 1 is 1.04 bits per heavy atom. The van der Waals surface area contributed by atoms with E-state index in [2.05, 4.69) is 10.6 Å². The van der Waals surface area contributed by atoms with Gasteiger partial charge in [-0.1, -0.05) is 42.5 Å². The quantitative estimate of drug-likeness (QED) is 0.601. The second-order valence-corrected chi connectivity index (χ2v) is 5.74. The summed E-state index contributed by atoms with van der Waals surface area (Å²) < 4.78 is 5.46. The predicted molar refractivity (Wildman–Crippen MR) is 99.3 cm³/mol. The highest BCUT2D eigenvalue weighted by molar-refractivity contribution is 5.75. The maximum absolute atomic E-state index is 12.2. The normalized spacial score (nSPS) is 11.4. The van der Waals surface area contributed by atoms with Crippen LogP contribution in [0.25, 0.3) is 0 Å². The molecule has 0 spiro atoms. The third-order valence-electron chi connectivity index (χ3n) is 3.79. The number of amides is 2. The number of aliphatic carboxylic acids is 1. The first-order valence-electron chi connectivity index (χ1n) is 8.64. The maximum atomic E-state index is 12.2. The Labute approximate surface area is 153 Å². The summed E-state index contributed by atoms with van der Waals surface area (Å²) in [6, 6.07) is 16.6. The van der Waals surface area contributed by atoms with Crippen molar-refractivity contribution in [1.29, 1.82) is 0 Å². The average molecular weight is 356 g/mol. The molecule has 0 fully saturated rings. The van der Waals surface area contributed by atoms with Crippen LogP contribution in [0.1, 0.15) is 36.9 Å². The lowest BCUT2D eigenvalue weighted by Gasteiger charge is -2.20. The molecule has 0 heterocycles. The van der Waals surface area contributed by atoms with Crippen LogP contribution in [0.3, 0.4) is 0 Å². The minimum absolute atomic E-state index is 0.0291. The van der Waals surface area contributed by atoms with Gasteiger partial charge in [0.15, 0.2) is 0 Å². The molecule has 2 aromatic rings. The maximum Gasteiger partial charge on any atom is 0.315 e. The fraction of sp³-hybridized carbons (Fsp3) is 0.300. The number of rotatable bonds is 9. The van der Waals surface area contributed by atoms with E-state index in [4.69, 9.17) is 9.84 Å². The molecule has 2 amide bonds. The molecule has 26 heavy (non-hydrogen) atoms. The van der Waals surface area contributed by atoms with Gasteiger partial charge in [-0.3, -0.25) is 4.79 Å². The van der Waals surface area contributed by atoms with Gasteiger partial charge in [-0.15, -0.1) is 0 Å². The highest BCUT2D eigenvalue weighted by Crippen LogP contribution is 2.24. The first-order chi connectivity index (χ1) is 12.6. The Morgan fingerprint density at radius 3 is 2.31 bits per heavy atom. The minimum Gasteiger partial charge on any atom is -0.494 e. The monoisotopic (exact) mass is 356 g/mol. The van der Waals surface area contributed by atoms with Crippen LogP contribution >= 0.6 is 0 Å². The number of hydrogen-bond acceptors (Lipinski definition) is 3. The van der Waals surface area contributed by atoms with Gasteiger partial charge in [0.05, 0.1) is 12.6 Å². The van der Waals surface area contributed by atoms with Crippen LogP contribution < -0.4 is 15.4 Å². The van der Waals surface area contributed by atoms with Crippen molar-refractivity contribution in [1.82, 2.24) is 10.6 Å². The summed E-state index contributed by atoms with van der Waals surface area (Å²) >= 11 is 0. The summed E-state index contributed by atoms with van der Waals surface area (Å²) in [5.41, 5.74) is 1.89. The lowest BCUT2D eigenvalue weighted by Crippen LogP contribution is -2.38. The standard InChI is InChI=1S/C20H24N2O4/c1-2-26-17-12-10-16(11-13-17)19(15-7-4-3-5-8-15)22-20(25)21-14-6-9-18(23)24/h3-5,7-8,10-13,19H,2,6,9,14H2,1H3,(H,23,24)(H2,21,22,25). The zero-order chi connectivity index (χ0) is 18.8. The van der Waals surface area contributed by atoms with Crippen molar-refractivity contribution < 1.29 is 19.4 Å². The molecule has 3 N–H and O–H groups in total. The lowest BCUT2D eigenvalue weighted by molar-refractivity contribution is -0.137. The Balaban J connectivity index is 2.07. The molecule has 6 heteroatoms. The number of ether oxygens (including phenoxy) is 1. The molecule has 2 aromatic carbocycles. The van der Waals surface area contributed by atoms with Gasteiger partial charge in [0.1, 0.15) is 5.75 Å². The van der Waals surface area contributed by atoms with Gasteiger partial charge in [0.2, 0.25) is 0 Å². The zero-order valence-electron chi connectivity index (χ0n) is 14.8. The minimum atomic E-state index is -0.872. The molecule has 6 nitrogen and oxygen atoms in total. The molecule has 0 saturated heterocycles. The number of urea groups is 1.